The first kappa shape index (κ1) is 22.4. The maximum absolute atomic E-state index is 14.3. The van der Waals surface area contributed by atoms with Crippen molar-refractivity contribution in [3.63, 3.8) is 0 Å². The van der Waals surface area contributed by atoms with E-state index in [2.05, 4.69) is 67.6 Å². The van der Waals surface area contributed by atoms with Gasteiger partial charge in [0.05, 0.1) is 0 Å². The molecule has 6 rings (SSSR count). The van der Waals surface area contributed by atoms with Gasteiger partial charge in [0.1, 0.15) is 0 Å². The van der Waals surface area contributed by atoms with Crippen LogP contribution in [0.2, 0.25) is 0 Å². The number of hydrogen-bond acceptors (Lipinski definition) is 1. The number of nitrogens with zero attached hydrogens (tertiary/aromatic N) is 2. The van der Waals surface area contributed by atoms with E-state index in [1.54, 1.807) is 12.3 Å². The summed E-state index contributed by atoms with van der Waals surface area (Å²) < 4.78 is 18.7. The van der Waals surface area contributed by atoms with Crippen LogP contribution >= 0.6 is 0 Å². The number of aryl methyl sites for hydroxylation is 2. The van der Waals surface area contributed by atoms with E-state index in [0.29, 0.717) is 5.56 Å². The summed E-state index contributed by atoms with van der Waals surface area (Å²) in [5.41, 5.74) is 8.15. The third kappa shape index (κ3) is 3.65. The molecule has 2 heterocycles. The van der Waals surface area contributed by atoms with Crippen molar-refractivity contribution in [1.29, 1.82) is 5.26 Å². The van der Waals surface area contributed by atoms with E-state index >= 15 is 0 Å². The van der Waals surface area contributed by atoms with Gasteiger partial charge in [0.25, 0.3) is 0 Å². The molecule has 0 saturated carbocycles. The van der Waals surface area contributed by atoms with Gasteiger partial charge in [-0.2, -0.15) is 0 Å². The Morgan fingerprint density at radius 1 is 0.750 bits per heavy atom. The predicted molar refractivity (Wildman–Crippen MR) is 145 cm³/mol. The Bertz CT molecular complexity index is 1810. The molecule has 0 unspecified atom stereocenters. The van der Waals surface area contributed by atoms with Gasteiger partial charge in [0, 0.05) is 0 Å². The number of nitriles is 1. The molecular formula is C32H22FN2Se+. The van der Waals surface area contributed by atoms with Gasteiger partial charge < -0.3 is 0 Å². The molecular weight excluding hydrogens is 510 g/mol. The average Bonchev–Trinajstić information content (AvgIpc) is 3.29. The Hall–Kier alpha value is -4.03. The summed E-state index contributed by atoms with van der Waals surface area (Å²) in [6.45, 7) is 2.09. The van der Waals surface area contributed by atoms with Gasteiger partial charge in [-0.05, 0) is 0 Å². The van der Waals surface area contributed by atoms with Crippen LogP contribution < -0.4 is 4.57 Å². The van der Waals surface area contributed by atoms with Crippen molar-refractivity contribution in [2.24, 2.45) is 7.05 Å². The van der Waals surface area contributed by atoms with Crippen molar-refractivity contribution in [3.8, 4) is 39.6 Å². The topological polar surface area (TPSA) is 27.7 Å². The van der Waals surface area contributed by atoms with Crippen LogP contribution in [-0.2, 0) is 7.05 Å². The summed E-state index contributed by atoms with van der Waals surface area (Å²) >= 11 is -0.0361. The van der Waals surface area contributed by atoms with Crippen LogP contribution in [0.3, 0.4) is 0 Å². The number of halogens is 1. The normalized spacial score (nSPS) is 11.2. The van der Waals surface area contributed by atoms with E-state index in [1.165, 1.54) is 30.9 Å². The van der Waals surface area contributed by atoms with E-state index < -0.39 is 0 Å². The van der Waals surface area contributed by atoms with Crippen molar-refractivity contribution >= 4 is 33.8 Å². The predicted octanol–water partition coefficient (Wildman–Crippen LogP) is 7.19. The minimum absolute atomic E-state index is 0.0361. The van der Waals surface area contributed by atoms with Gasteiger partial charge in [-0.15, -0.1) is 0 Å². The van der Waals surface area contributed by atoms with E-state index in [-0.39, 0.29) is 20.3 Å². The van der Waals surface area contributed by atoms with Crippen LogP contribution in [0.25, 0.3) is 52.8 Å². The molecule has 2 nitrogen and oxygen atoms in total. The third-order valence-electron chi connectivity index (χ3n) is 6.79. The second-order valence-corrected chi connectivity index (χ2v) is 11.1. The van der Waals surface area contributed by atoms with Crippen LogP contribution in [0.4, 0.5) is 4.39 Å². The van der Waals surface area contributed by atoms with Crippen molar-refractivity contribution < 1.29 is 8.96 Å². The van der Waals surface area contributed by atoms with Gasteiger partial charge >= 0.3 is 216 Å². The molecule has 0 amide bonds. The molecule has 6 aromatic rings. The summed E-state index contributed by atoms with van der Waals surface area (Å²) in [6.07, 6.45) is 1.77. The average molecular weight is 533 g/mol. The molecule has 36 heavy (non-hydrogen) atoms. The van der Waals surface area contributed by atoms with Gasteiger partial charge in [-0.1, -0.05) is 0 Å². The third-order valence-corrected chi connectivity index (χ3v) is 9.42. The zero-order chi connectivity index (χ0) is 24.8. The molecule has 0 aliphatic heterocycles. The fourth-order valence-electron chi connectivity index (χ4n) is 4.95. The number of fused-ring (bicyclic) bond motifs is 3. The Morgan fingerprint density at radius 2 is 1.39 bits per heavy atom. The first-order valence-electron chi connectivity index (χ1n) is 11.8. The van der Waals surface area contributed by atoms with E-state index in [1.807, 2.05) is 35.9 Å². The molecule has 0 saturated heterocycles. The van der Waals surface area contributed by atoms with Crippen LogP contribution in [0.15, 0.2) is 97.2 Å². The fourth-order valence-corrected chi connectivity index (χ4v) is 8.05. The zero-order valence-corrected chi connectivity index (χ0v) is 21.6. The molecule has 0 fully saturated rings. The second kappa shape index (κ2) is 8.88. The standard InChI is InChI=1S/C32H22FN2Se/c1-20-8-14-26-27-15-13-24(19-34)30(23-11-9-22(10-12-23)21-6-4-3-5-7-21)32(27)36-31(26)29(20)28-18-25(33)16-17-35(28)2/h3-18H,1-2H3/q+1. The van der Waals surface area contributed by atoms with Crippen molar-refractivity contribution in [3.05, 3.63) is 114 Å². The van der Waals surface area contributed by atoms with Crippen LogP contribution in [0, 0.1) is 24.1 Å². The van der Waals surface area contributed by atoms with Crippen molar-refractivity contribution in [1.82, 2.24) is 0 Å². The molecule has 172 valence electrons. The Kier molecular flexibility index (Phi) is 5.53. The van der Waals surface area contributed by atoms with Gasteiger partial charge in [0.15, 0.2) is 0 Å². The van der Waals surface area contributed by atoms with Gasteiger partial charge in [-0.3, -0.25) is 0 Å². The number of rotatable bonds is 3. The van der Waals surface area contributed by atoms with Gasteiger partial charge in [0.2, 0.25) is 0 Å². The second-order valence-electron chi connectivity index (χ2n) is 9.00. The monoisotopic (exact) mass is 533 g/mol. The van der Waals surface area contributed by atoms with Crippen LogP contribution in [0.1, 0.15) is 11.1 Å². The molecule has 0 radical (unpaired) electrons. The molecule has 4 aromatic carbocycles. The summed E-state index contributed by atoms with van der Waals surface area (Å²) in [4.78, 5) is 0. The maximum atomic E-state index is 14.3. The number of benzene rings is 4. The molecule has 0 bridgehead atoms. The zero-order valence-electron chi connectivity index (χ0n) is 19.9. The summed E-state index contributed by atoms with van der Waals surface area (Å²) in [5.74, 6) is -0.242. The molecule has 0 spiro atoms. The van der Waals surface area contributed by atoms with Gasteiger partial charge in [-0.25, -0.2) is 0 Å². The van der Waals surface area contributed by atoms with E-state index in [9.17, 15) is 9.65 Å². The Morgan fingerprint density at radius 3 is 2.11 bits per heavy atom. The Labute approximate surface area is 215 Å². The molecule has 0 N–H and O–H groups in total. The number of hydrogen-bond donors (Lipinski definition) is 0. The van der Waals surface area contributed by atoms with Crippen LogP contribution in [0.5, 0.6) is 0 Å². The fraction of sp³-hybridized carbons (Fsp3) is 0.0625. The minimum atomic E-state index is -0.242. The summed E-state index contributed by atoms with van der Waals surface area (Å²) in [7, 11) is 1.95. The van der Waals surface area contributed by atoms with E-state index in [0.717, 1.165) is 33.5 Å². The van der Waals surface area contributed by atoms with Crippen molar-refractivity contribution in [2.75, 3.05) is 0 Å². The molecule has 0 aliphatic rings. The Balaban J connectivity index is 1.62. The van der Waals surface area contributed by atoms with Crippen molar-refractivity contribution in [2.45, 2.75) is 6.92 Å². The molecule has 0 aliphatic carbocycles. The summed E-state index contributed by atoms with van der Waals surface area (Å²) in [6, 6.07) is 32.6. The first-order valence-corrected chi connectivity index (χ1v) is 13.5. The molecule has 4 heteroatoms. The quantitative estimate of drug-likeness (QED) is 0.175. The molecule has 2 aromatic heterocycles. The number of aromatic nitrogens is 1. The van der Waals surface area contributed by atoms with Crippen LogP contribution in [-0.4, -0.2) is 14.5 Å². The van der Waals surface area contributed by atoms with E-state index in [4.69, 9.17) is 0 Å². The SMILES string of the molecule is Cc1ccc2c([se]c3c(-c4ccc(-c5ccccc5)cc4)c(C#N)ccc32)c1-c1cc(F)cc[n+]1C. The summed E-state index contributed by atoms with van der Waals surface area (Å²) in [5, 5.41) is 12.4. The first-order chi connectivity index (χ1) is 17.5. The molecule has 0 atom stereocenters. The number of pyridine rings is 1.